The van der Waals surface area contributed by atoms with Crippen LogP contribution in [0.1, 0.15) is 73.6 Å². The third kappa shape index (κ3) is 4.57. The van der Waals surface area contributed by atoms with Gasteiger partial charge < -0.3 is 5.32 Å². The molecule has 0 aromatic heterocycles. The van der Waals surface area contributed by atoms with Crippen LogP contribution in [0.5, 0.6) is 0 Å². The Bertz CT molecular complexity index is 228. The number of hydrogen-bond acceptors (Lipinski definition) is 1. The van der Waals surface area contributed by atoms with Crippen LogP contribution in [-0.2, 0) is 0 Å². The summed E-state index contributed by atoms with van der Waals surface area (Å²) in [6.45, 7) is 16.6. The van der Waals surface area contributed by atoms with Crippen molar-refractivity contribution in [2.24, 2.45) is 22.7 Å². The maximum absolute atomic E-state index is 3.62. The molecule has 0 spiro atoms. The molecule has 108 valence electrons. The quantitative estimate of drug-likeness (QED) is 0.737. The molecule has 1 heteroatoms. The third-order valence-corrected chi connectivity index (χ3v) is 4.86. The van der Waals surface area contributed by atoms with Crippen molar-refractivity contribution >= 4 is 0 Å². The van der Waals surface area contributed by atoms with Gasteiger partial charge in [-0.25, -0.2) is 0 Å². The lowest BCUT2D eigenvalue weighted by Gasteiger charge is -2.45. The molecule has 0 heterocycles. The van der Waals surface area contributed by atoms with Crippen LogP contribution in [0, 0.1) is 22.7 Å². The average Bonchev–Trinajstić information content (AvgIpc) is 2.25. The Morgan fingerprint density at radius 3 is 2.11 bits per heavy atom. The van der Waals surface area contributed by atoms with Crippen LogP contribution in [0.25, 0.3) is 0 Å². The molecular formula is C17H35N. The van der Waals surface area contributed by atoms with E-state index in [1.165, 1.54) is 38.6 Å². The second-order valence-electron chi connectivity index (χ2n) is 8.02. The van der Waals surface area contributed by atoms with Crippen LogP contribution < -0.4 is 5.32 Å². The summed E-state index contributed by atoms with van der Waals surface area (Å²) < 4.78 is 0. The molecule has 0 saturated heterocycles. The molecule has 0 bridgehead atoms. The van der Waals surface area contributed by atoms with Crippen LogP contribution in [0.3, 0.4) is 0 Å². The SMILES string of the molecule is CCNCC1(CC(C)C)CCC(C(C)(C)C)CC1. The first kappa shape index (κ1) is 16.0. The minimum Gasteiger partial charge on any atom is -0.316 e. The molecule has 1 N–H and O–H groups in total. The summed E-state index contributed by atoms with van der Waals surface area (Å²) in [7, 11) is 0. The highest BCUT2D eigenvalue weighted by Crippen LogP contribution is 2.47. The Morgan fingerprint density at radius 2 is 1.72 bits per heavy atom. The van der Waals surface area contributed by atoms with Crippen molar-refractivity contribution in [3.05, 3.63) is 0 Å². The molecule has 1 nitrogen and oxygen atoms in total. The van der Waals surface area contributed by atoms with E-state index < -0.39 is 0 Å². The van der Waals surface area contributed by atoms with E-state index in [4.69, 9.17) is 0 Å². The molecule has 0 aromatic carbocycles. The van der Waals surface area contributed by atoms with Crippen LogP contribution in [0.15, 0.2) is 0 Å². The van der Waals surface area contributed by atoms with Gasteiger partial charge in [-0.15, -0.1) is 0 Å². The predicted octanol–water partition coefficient (Wildman–Crippen LogP) is 4.86. The van der Waals surface area contributed by atoms with E-state index in [-0.39, 0.29) is 0 Å². The molecule has 1 aliphatic rings. The van der Waals surface area contributed by atoms with Gasteiger partial charge in [-0.05, 0) is 61.3 Å². The largest absolute Gasteiger partial charge is 0.316 e. The van der Waals surface area contributed by atoms with Crippen molar-refractivity contribution in [1.29, 1.82) is 0 Å². The van der Waals surface area contributed by atoms with Crippen molar-refractivity contribution in [2.75, 3.05) is 13.1 Å². The van der Waals surface area contributed by atoms with Gasteiger partial charge in [-0.1, -0.05) is 41.5 Å². The molecule has 0 aromatic rings. The highest BCUT2D eigenvalue weighted by Gasteiger charge is 2.38. The van der Waals surface area contributed by atoms with Crippen molar-refractivity contribution < 1.29 is 0 Å². The van der Waals surface area contributed by atoms with E-state index in [9.17, 15) is 0 Å². The lowest BCUT2D eigenvalue weighted by Crippen LogP contribution is -2.40. The fourth-order valence-corrected chi connectivity index (χ4v) is 3.81. The van der Waals surface area contributed by atoms with Gasteiger partial charge in [0, 0.05) is 6.54 Å². The molecule has 0 atom stereocenters. The van der Waals surface area contributed by atoms with Crippen molar-refractivity contribution in [3.8, 4) is 0 Å². The zero-order chi connectivity index (χ0) is 13.8. The monoisotopic (exact) mass is 253 g/mol. The van der Waals surface area contributed by atoms with Gasteiger partial charge in [0.2, 0.25) is 0 Å². The molecule has 0 unspecified atom stereocenters. The second kappa shape index (κ2) is 6.41. The summed E-state index contributed by atoms with van der Waals surface area (Å²) in [5.74, 6) is 1.76. The van der Waals surface area contributed by atoms with E-state index in [1.54, 1.807) is 0 Å². The second-order valence-corrected chi connectivity index (χ2v) is 8.02. The van der Waals surface area contributed by atoms with Crippen LogP contribution in [0.4, 0.5) is 0 Å². The van der Waals surface area contributed by atoms with Gasteiger partial charge >= 0.3 is 0 Å². The van der Waals surface area contributed by atoms with Crippen molar-refractivity contribution in [2.45, 2.75) is 73.6 Å². The van der Waals surface area contributed by atoms with E-state index in [0.29, 0.717) is 10.8 Å². The maximum Gasteiger partial charge on any atom is 0.000779 e. The number of hydrogen-bond donors (Lipinski definition) is 1. The standard InChI is InChI=1S/C17H35N/c1-7-18-13-17(12-14(2)3)10-8-15(9-11-17)16(4,5)6/h14-15,18H,7-13H2,1-6H3. The lowest BCUT2D eigenvalue weighted by atomic mass is 9.62. The molecule has 1 rings (SSSR count). The molecule has 0 amide bonds. The highest BCUT2D eigenvalue weighted by molar-refractivity contribution is 4.91. The fraction of sp³-hybridized carbons (Fsp3) is 1.00. The maximum atomic E-state index is 3.62. The molecule has 0 radical (unpaired) electrons. The lowest BCUT2D eigenvalue weighted by molar-refractivity contribution is 0.0705. The van der Waals surface area contributed by atoms with E-state index in [2.05, 4.69) is 46.9 Å². The van der Waals surface area contributed by atoms with Gasteiger partial charge in [0.05, 0.1) is 0 Å². The first-order chi connectivity index (χ1) is 8.29. The van der Waals surface area contributed by atoms with Crippen LogP contribution in [-0.4, -0.2) is 13.1 Å². The summed E-state index contributed by atoms with van der Waals surface area (Å²) in [4.78, 5) is 0. The summed E-state index contributed by atoms with van der Waals surface area (Å²) >= 11 is 0. The molecule has 1 aliphatic carbocycles. The molecule has 1 fully saturated rings. The first-order valence-electron chi connectivity index (χ1n) is 8.00. The molecule has 18 heavy (non-hydrogen) atoms. The normalized spacial score (nSPS) is 29.8. The van der Waals surface area contributed by atoms with Gasteiger partial charge in [-0.3, -0.25) is 0 Å². The van der Waals surface area contributed by atoms with Crippen molar-refractivity contribution in [1.82, 2.24) is 5.32 Å². The van der Waals surface area contributed by atoms with Gasteiger partial charge in [0.1, 0.15) is 0 Å². The zero-order valence-electron chi connectivity index (χ0n) is 13.6. The highest BCUT2D eigenvalue weighted by atomic mass is 14.9. The fourth-order valence-electron chi connectivity index (χ4n) is 3.81. The summed E-state index contributed by atoms with van der Waals surface area (Å²) in [5, 5.41) is 3.62. The Kier molecular flexibility index (Phi) is 5.70. The molecular weight excluding hydrogens is 218 g/mol. The van der Waals surface area contributed by atoms with Crippen LogP contribution >= 0.6 is 0 Å². The Labute approximate surface area is 115 Å². The Hall–Kier alpha value is -0.0400. The minimum absolute atomic E-state index is 0.502. The summed E-state index contributed by atoms with van der Waals surface area (Å²) in [6, 6.07) is 0. The average molecular weight is 253 g/mol. The van der Waals surface area contributed by atoms with Gasteiger partial charge in [0.15, 0.2) is 0 Å². The summed E-state index contributed by atoms with van der Waals surface area (Å²) in [5.41, 5.74) is 1.09. The van der Waals surface area contributed by atoms with Gasteiger partial charge in [0.25, 0.3) is 0 Å². The first-order valence-corrected chi connectivity index (χ1v) is 8.00. The zero-order valence-corrected chi connectivity index (χ0v) is 13.6. The van der Waals surface area contributed by atoms with E-state index in [0.717, 1.165) is 18.4 Å². The smallest absolute Gasteiger partial charge is 0.000779 e. The molecule has 1 saturated carbocycles. The third-order valence-electron chi connectivity index (χ3n) is 4.86. The number of rotatable bonds is 5. The van der Waals surface area contributed by atoms with E-state index in [1.807, 2.05) is 0 Å². The van der Waals surface area contributed by atoms with Crippen LogP contribution in [0.2, 0.25) is 0 Å². The van der Waals surface area contributed by atoms with Crippen molar-refractivity contribution in [3.63, 3.8) is 0 Å². The summed E-state index contributed by atoms with van der Waals surface area (Å²) in [6.07, 6.45) is 7.13. The predicted molar refractivity (Wildman–Crippen MR) is 81.8 cm³/mol. The topological polar surface area (TPSA) is 12.0 Å². The van der Waals surface area contributed by atoms with Gasteiger partial charge in [-0.2, -0.15) is 0 Å². The Balaban J connectivity index is 2.61. The Morgan fingerprint density at radius 1 is 1.17 bits per heavy atom. The minimum atomic E-state index is 0.502. The molecule has 0 aliphatic heterocycles. The van der Waals surface area contributed by atoms with E-state index >= 15 is 0 Å². The number of nitrogens with one attached hydrogen (secondary N) is 1.